The molecule has 0 aliphatic heterocycles. The van der Waals surface area contributed by atoms with Gasteiger partial charge in [0.15, 0.2) is 0 Å². The molecule has 0 bridgehead atoms. The molecule has 1 aliphatic carbocycles. The second-order valence-corrected chi connectivity index (χ2v) is 7.15. The summed E-state index contributed by atoms with van der Waals surface area (Å²) in [4.78, 5) is 23.2. The molecular weight excluding hydrogens is 364 g/mol. The molecule has 1 amide bonds. The molecular formula is C22H30N6O. The molecule has 0 aromatic carbocycles. The van der Waals surface area contributed by atoms with Crippen LogP contribution in [0.3, 0.4) is 0 Å². The number of pyridine rings is 2. The van der Waals surface area contributed by atoms with Crippen LogP contribution in [0.1, 0.15) is 44.0 Å². The number of amides is 1. The fourth-order valence-corrected chi connectivity index (χ4v) is 3.84. The van der Waals surface area contributed by atoms with E-state index in [0.717, 1.165) is 49.6 Å². The van der Waals surface area contributed by atoms with Crippen LogP contribution >= 0.6 is 0 Å². The first kappa shape index (κ1) is 20.8. The van der Waals surface area contributed by atoms with E-state index in [-0.39, 0.29) is 6.04 Å². The molecule has 154 valence electrons. The average Bonchev–Trinajstić information content (AvgIpc) is 2.71. The lowest BCUT2D eigenvalue weighted by atomic mass is 9.90. The van der Waals surface area contributed by atoms with E-state index in [1.54, 1.807) is 0 Å². The molecule has 2 aromatic rings. The van der Waals surface area contributed by atoms with E-state index in [1.807, 2.05) is 37.4 Å². The van der Waals surface area contributed by atoms with E-state index >= 15 is 0 Å². The predicted octanol–water partition coefficient (Wildman–Crippen LogP) is 3.09. The Balaban J connectivity index is 1.81. The highest BCUT2D eigenvalue weighted by Crippen LogP contribution is 2.33. The Kier molecular flexibility index (Phi) is 7.19. The summed E-state index contributed by atoms with van der Waals surface area (Å²) in [5.74, 6) is 0.983. The number of carbonyl (C=O) groups is 1. The zero-order valence-corrected chi connectivity index (χ0v) is 17.2. The number of nitrogens with one attached hydrogen (secondary N) is 2. The number of nitrogens with zero attached hydrogens (tertiary/aromatic N) is 3. The van der Waals surface area contributed by atoms with Gasteiger partial charge < -0.3 is 16.4 Å². The van der Waals surface area contributed by atoms with Crippen molar-refractivity contribution in [3.63, 3.8) is 0 Å². The third kappa shape index (κ3) is 5.54. The van der Waals surface area contributed by atoms with Gasteiger partial charge in [-0.3, -0.25) is 14.7 Å². The zero-order valence-electron chi connectivity index (χ0n) is 17.2. The average molecular weight is 395 g/mol. The third-order valence-electron chi connectivity index (χ3n) is 5.10. The number of likely N-dealkylation sites (N-methyl/N-ethyl adjacent to an activating group) is 1. The van der Waals surface area contributed by atoms with Crippen LogP contribution in [0.25, 0.3) is 0 Å². The van der Waals surface area contributed by atoms with Crippen molar-refractivity contribution in [2.75, 3.05) is 30.3 Å². The molecule has 0 spiro atoms. The molecule has 3 rings (SSSR count). The van der Waals surface area contributed by atoms with Crippen LogP contribution in [0.4, 0.5) is 11.6 Å². The summed E-state index contributed by atoms with van der Waals surface area (Å²) >= 11 is 0. The molecule has 2 aromatic heterocycles. The Morgan fingerprint density at radius 2 is 2.10 bits per heavy atom. The summed E-state index contributed by atoms with van der Waals surface area (Å²) in [6.45, 7) is 6.34. The van der Waals surface area contributed by atoms with Crippen LogP contribution in [0.2, 0.25) is 0 Å². The summed E-state index contributed by atoms with van der Waals surface area (Å²) in [6.07, 6.45) is 6.57. The largest absolute Gasteiger partial charge is 0.370 e. The molecule has 0 saturated heterocycles. The van der Waals surface area contributed by atoms with Crippen molar-refractivity contribution in [1.29, 1.82) is 0 Å². The first-order valence-corrected chi connectivity index (χ1v) is 10.3. The van der Waals surface area contributed by atoms with E-state index in [0.29, 0.717) is 12.4 Å². The van der Waals surface area contributed by atoms with E-state index in [1.165, 1.54) is 11.6 Å². The van der Waals surface area contributed by atoms with Gasteiger partial charge in [0.05, 0.1) is 11.7 Å². The number of rotatable bonds is 9. The third-order valence-corrected chi connectivity index (χ3v) is 5.10. The lowest BCUT2D eigenvalue weighted by Crippen LogP contribution is -2.35. The molecule has 1 atom stereocenters. The highest BCUT2D eigenvalue weighted by Gasteiger charge is 2.26. The first-order chi connectivity index (χ1) is 14.1. The Bertz CT molecular complexity index is 866. The minimum Gasteiger partial charge on any atom is -0.370 e. The van der Waals surface area contributed by atoms with Gasteiger partial charge in [0.2, 0.25) is 5.91 Å². The fourth-order valence-electron chi connectivity index (χ4n) is 3.84. The monoisotopic (exact) mass is 394 g/mol. The normalized spacial score (nSPS) is 16.4. The summed E-state index contributed by atoms with van der Waals surface area (Å²) in [5.41, 5.74) is 8.66. The summed E-state index contributed by atoms with van der Waals surface area (Å²) in [6, 6.07) is 10.1. The maximum absolute atomic E-state index is 11.7. The highest BCUT2D eigenvalue weighted by atomic mass is 16.1. The standard InChI is InChI=1S/C22H30N6O/c1-3-24-20-11-6-12-21(27-20)26-17(14-19(23)29)15-28(4-2)18-10-5-8-16-9-7-13-25-22(16)18/h6-7,9,11-14,18H,3-5,8,10,15H2,1-2H3,(H2,23,29)(H2,24,26,27)/b17-14+/t18-/m0/s1. The van der Waals surface area contributed by atoms with E-state index in [2.05, 4.69) is 38.5 Å². The number of fused-ring (bicyclic) bond motifs is 1. The first-order valence-electron chi connectivity index (χ1n) is 10.3. The number of carbonyl (C=O) groups excluding carboxylic acids is 1. The molecule has 0 fully saturated rings. The molecule has 2 heterocycles. The van der Waals surface area contributed by atoms with Crippen LogP contribution in [0.5, 0.6) is 0 Å². The van der Waals surface area contributed by atoms with Crippen LogP contribution in [-0.4, -0.2) is 40.4 Å². The van der Waals surface area contributed by atoms with Crippen molar-refractivity contribution >= 4 is 17.5 Å². The summed E-state index contributed by atoms with van der Waals surface area (Å²) in [7, 11) is 0. The molecule has 1 aliphatic rings. The Morgan fingerprint density at radius 1 is 1.28 bits per heavy atom. The number of aromatic nitrogens is 2. The summed E-state index contributed by atoms with van der Waals surface area (Å²) < 4.78 is 0. The predicted molar refractivity (Wildman–Crippen MR) is 116 cm³/mol. The van der Waals surface area contributed by atoms with Gasteiger partial charge >= 0.3 is 0 Å². The molecule has 4 N–H and O–H groups in total. The van der Waals surface area contributed by atoms with E-state index < -0.39 is 5.91 Å². The Hall–Kier alpha value is -2.93. The van der Waals surface area contributed by atoms with Gasteiger partial charge in [-0.2, -0.15) is 0 Å². The topological polar surface area (TPSA) is 96.2 Å². The molecule has 7 heteroatoms. The molecule has 0 saturated carbocycles. The fraction of sp³-hybridized carbons (Fsp3) is 0.409. The van der Waals surface area contributed by atoms with Gasteiger partial charge in [-0.1, -0.05) is 19.1 Å². The molecule has 7 nitrogen and oxygen atoms in total. The van der Waals surface area contributed by atoms with Crippen molar-refractivity contribution in [3.05, 3.63) is 59.6 Å². The Labute approximate surface area is 172 Å². The van der Waals surface area contributed by atoms with Crippen LogP contribution in [0, 0.1) is 0 Å². The summed E-state index contributed by atoms with van der Waals surface area (Å²) in [5, 5.41) is 6.48. The number of primary amides is 1. The smallest absolute Gasteiger partial charge is 0.243 e. The van der Waals surface area contributed by atoms with Crippen LogP contribution in [0.15, 0.2) is 48.3 Å². The van der Waals surface area contributed by atoms with Crippen molar-refractivity contribution in [2.24, 2.45) is 5.73 Å². The van der Waals surface area contributed by atoms with Crippen LogP contribution < -0.4 is 16.4 Å². The van der Waals surface area contributed by atoms with Crippen molar-refractivity contribution in [3.8, 4) is 0 Å². The van der Waals surface area contributed by atoms with Crippen molar-refractivity contribution in [2.45, 2.75) is 39.2 Å². The van der Waals surface area contributed by atoms with Gasteiger partial charge in [-0.05, 0) is 56.5 Å². The number of aryl methyl sites for hydroxylation is 1. The lowest BCUT2D eigenvalue weighted by Gasteiger charge is -2.34. The molecule has 29 heavy (non-hydrogen) atoms. The maximum Gasteiger partial charge on any atom is 0.243 e. The van der Waals surface area contributed by atoms with Gasteiger partial charge in [0.25, 0.3) is 0 Å². The van der Waals surface area contributed by atoms with Gasteiger partial charge in [-0.25, -0.2) is 4.98 Å². The Morgan fingerprint density at radius 3 is 2.86 bits per heavy atom. The van der Waals surface area contributed by atoms with E-state index in [9.17, 15) is 4.79 Å². The number of hydrogen-bond donors (Lipinski definition) is 3. The minimum atomic E-state index is -0.478. The molecule has 0 unspecified atom stereocenters. The molecule has 0 radical (unpaired) electrons. The number of nitrogens with two attached hydrogens (primary N) is 1. The second kappa shape index (κ2) is 10.0. The van der Waals surface area contributed by atoms with Gasteiger partial charge in [0.1, 0.15) is 11.6 Å². The lowest BCUT2D eigenvalue weighted by molar-refractivity contribution is -0.113. The zero-order chi connectivity index (χ0) is 20.6. The second-order valence-electron chi connectivity index (χ2n) is 7.15. The van der Waals surface area contributed by atoms with Gasteiger partial charge in [0, 0.05) is 31.1 Å². The van der Waals surface area contributed by atoms with Crippen molar-refractivity contribution < 1.29 is 4.79 Å². The minimum absolute atomic E-state index is 0.226. The maximum atomic E-state index is 11.7. The van der Waals surface area contributed by atoms with Gasteiger partial charge in [-0.15, -0.1) is 0 Å². The quantitative estimate of drug-likeness (QED) is 0.566. The van der Waals surface area contributed by atoms with Crippen LogP contribution in [-0.2, 0) is 11.2 Å². The van der Waals surface area contributed by atoms with Crippen molar-refractivity contribution in [1.82, 2.24) is 14.9 Å². The van der Waals surface area contributed by atoms with E-state index in [4.69, 9.17) is 5.73 Å². The SMILES string of the molecule is CCNc1cccc(N/C(=C/C(N)=O)CN(CC)[C@H]2CCCc3cccnc32)n1. The number of hydrogen-bond acceptors (Lipinski definition) is 6. The highest BCUT2D eigenvalue weighted by molar-refractivity contribution is 5.87. The number of anilines is 2.